The predicted molar refractivity (Wildman–Crippen MR) is 91.9 cm³/mol. The highest BCUT2D eigenvalue weighted by Gasteiger charge is 2.47. The van der Waals surface area contributed by atoms with Crippen LogP contribution < -0.4 is 5.32 Å². The molecule has 3 amide bonds. The number of anilines is 1. The number of aryl methyl sites for hydroxylation is 1. The number of allylic oxidation sites excluding steroid dienone is 2. The van der Waals surface area contributed by atoms with Gasteiger partial charge in [-0.25, -0.2) is 0 Å². The third kappa shape index (κ3) is 2.94. The number of carbonyl (C=O) groups excluding carboxylic acids is 3. The monoisotopic (exact) mass is 366 g/mol. The number of imide groups is 1. The Labute approximate surface area is 149 Å². The Morgan fingerprint density at radius 1 is 1.17 bits per heavy atom. The summed E-state index contributed by atoms with van der Waals surface area (Å²) < 4.78 is 0. The van der Waals surface area contributed by atoms with Crippen molar-refractivity contribution in [1.82, 2.24) is 4.90 Å². The molecule has 0 aromatic heterocycles. The summed E-state index contributed by atoms with van der Waals surface area (Å²) in [6.07, 6.45) is 4.90. The number of fused-ring (bicyclic) bond motifs is 1. The van der Waals surface area contributed by atoms with Gasteiger partial charge in [0.2, 0.25) is 17.7 Å². The lowest BCUT2D eigenvalue weighted by molar-refractivity contribution is -0.142. The van der Waals surface area contributed by atoms with Gasteiger partial charge in [-0.2, -0.15) is 0 Å². The second-order valence-electron chi connectivity index (χ2n) is 6.02. The van der Waals surface area contributed by atoms with E-state index in [4.69, 9.17) is 23.2 Å². The van der Waals surface area contributed by atoms with Crippen molar-refractivity contribution >= 4 is 46.6 Å². The molecule has 0 spiro atoms. The van der Waals surface area contributed by atoms with Gasteiger partial charge < -0.3 is 5.32 Å². The number of amides is 3. The van der Waals surface area contributed by atoms with E-state index in [2.05, 4.69) is 5.32 Å². The summed E-state index contributed by atoms with van der Waals surface area (Å²) in [7, 11) is 0. The quantitative estimate of drug-likeness (QED) is 0.659. The second kappa shape index (κ2) is 6.57. The minimum atomic E-state index is -0.502. The van der Waals surface area contributed by atoms with Crippen LogP contribution in [0.3, 0.4) is 0 Å². The molecule has 1 aromatic carbocycles. The van der Waals surface area contributed by atoms with Gasteiger partial charge in [-0.3, -0.25) is 19.3 Å². The summed E-state index contributed by atoms with van der Waals surface area (Å²) in [4.78, 5) is 38.1. The van der Waals surface area contributed by atoms with Crippen LogP contribution in [0.2, 0.25) is 10.0 Å². The van der Waals surface area contributed by atoms with Gasteiger partial charge in [0.25, 0.3) is 0 Å². The van der Waals surface area contributed by atoms with E-state index in [1.165, 1.54) is 0 Å². The molecule has 7 heteroatoms. The van der Waals surface area contributed by atoms with E-state index < -0.39 is 5.91 Å². The first-order valence-electron chi connectivity index (χ1n) is 7.65. The van der Waals surface area contributed by atoms with Crippen molar-refractivity contribution in [3.05, 3.63) is 39.9 Å². The van der Waals surface area contributed by atoms with Gasteiger partial charge in [-0.05, 0) is 31.4 Å². The molecule has 3 rings (SSSR count). The number of nitrogens with one attached hydrogen (secondary N) is 1. The highest BCUT2D eigenvalue weighted by Crippen LogP contribution is 2.35. The molecular formula is C17H16Cl2N2O3. The Bertz CT molecular complexity index is 734. The maximum absolute atomic E-state index is 12.4. The molecule has 1 N–H and O–H groups in total. The van der Waals surface area contributed by atoms with Crippen molar-refractivity contribution in [2.24, 2.45) is 11.8 Å². The molecule has 1 aliphatic carbocycles. The molecule has 5 nitrogen and oxygen atoms in total. The first-order valence-corrected chi connectivity index (χ1v) is 8.40. The SMILES string of the molecule is Cc1ccc(Cl)c(NC(=O)CN2C(=O)[C@H]3CC=CC[C@@H]3C2=O)c1Cl. The van der Waals surface area contributed by atoms with E-state index in [0.29, 0.717) is 28.6 Å². The lowest BCUT2D eigenvalue weighted by atomic mass is 9.85. The first-order chi connectivity index (χ1) is 11.4. The van der Waals surface area contributed by atoms with E-state index in [1.807, 2.05) is 12.2 Å². The van der Waals surface area contributed by atoms with Crippen molar-refractivity contribution in [2.75, 3.05) is 11.9 Å². The minimum absolute atomic E-state index is 0.286. The van der Waals surface area contributed by atoms with E-state index in [9.17, 15) is 14.4 Å². The third-order valence-corrected chi connectivity index (χ3v) is 5.25. The molecule has 0 radical (unpaired) electrons. The predicted octanol–water partition coefficient (Wildman–Crippen LogP) is 3.19. The van der Waals surface area contributed by atoms with E-state index >= 15 is 0 Å². The molecule has 0 unspecified atom stereocenters. The number of likely N-dealkylation sites (tertiary alicyclic amines) is 1. The third-order valence-electron chi connectivity index (χ3n) is 4.45. The van der Waals surface area contributed by atoms with Crippen LogP contribution in [-0.2, 0) is 14.4 Å². The van der Waals surface area contributed by atoms with Crippen LogP contribution in [0.25, 0.3) is 0 Å². The average molecular weight is 367 g/mol. The fraction of sp³-hybridized carbons (Fsp3) is 0.353. The molecule has 126 valence electrons. The molecular weight excluding hydrogens is 351 g/mol. The zero-order valence-corrected chi connectivity index (χ0v) is 14.5. The summed E-state index contributed by atoms with van der Waals surface area (Å²) in [5.41, 5.74) is 1.06. The molecule has 1 saturated heterocycles. The lowest BCUT2D eigenvalue weighted by Gasteiger charge is -2.16. The summed E-state index contributed by atoms with van der Waals surface area (Å²) in [6.45, 7) is 1.46. The van der Waals surface area contributed by atoms with E-state index in [-0.39, 0.29) is 30.2 Å². The Hall–Kier alpha value is -1.85. The molecule has 2 aliphatic rings. The van der Waals surface area contributed by atoms with Crippen LogP contribution in [0.1, 0.15) is 18.4 Å². The first kappa shape index (κ1) is 17.0. The summed E-state index contributed by atoms with van der Waals surface area (Å²) in [5, 5.41) is 3.25. The molecule has 1 aromatic rings. The standard InChI is InChI=1S/C17H16Cl2N2O3/c1-9-6-7-12(18)15(14(9)19)20-13(22)8-21-16(23)10-4-2-3-5-11(10)17(21)24/h2-3,6-7,10-11H,4-5,8H2,1H3,(H,20,22)/t10-,11-/m0/s1. The molecule has 2 atom stereocenters. The minimum Gasteiger partial charge on any atom is -0.322 e. The fourth-order valence-electron chi connectivity index (χ4n) is 3.12. The van der Waals surface area contributed by atoms with Crippen LogP contribution in [0.5, 0.6) is 0 Å². The smallest absolute Gasteiger partial charge is 0.244 e. The van der Waals surface area contributed by atoms with Crippen LogP contribution in [0.4, 0.5) is 5.69 Å². The molecule has 1 fully saturated rings. The second-order valence-corrected chi connectivity index (χ2v) is 6.81. The number of hydrogen-bond donors (Lipinski definition) is 1. The van der Waals surface area contributed by atoms with E-state index in [1.54, 1.807) is 19.1 Å². The van der Waals surface area contributed by atoms with Crippen molar-refractivity contribution < 1.29 is 14.4 Å². The Balaban J connectivity index is 1.73. The zero-order chi connectivity index (χ0) is 17.4. The number of hydrogen-bond acceptors (Lipinski definition) is 3. The lowest BCUT2D eigenvalue weighted by Crippen LogP contribution is -2.38. The number of halogens is 2. The number of benzene rings is 1. The zero-order valence-electron chi connectivity index (χ0n) is 13.0. The maximum Gasteiger partial charge on any atom is 0.244 e. The van der Waals surface area contributed by atoms with Crippen molar-refractivity contribution in [2.45, 2.75) is 19.8 Å². The highest BCUT2D eigenvalue weighted by molar-refractivity contribution is 6.40. The topological polar surface area (TPSA) is 66.5 Å². The Morgan fingerprint density at radius 2 is 1.75 bits per heavy atom. The van der Waals surface area contributed by atoms with Gasteiger partial charge in [-0.1, -0.05) is 41.4 Å². The number of rotatable bonds is 3. The van der Waals surface area contributed by atoms with Gasteiger partial charge in [0.1, 0.15) is 6.54 Å². The molecule has 1 heterocycles. The molecule has 0 saturated carbocycles. The Morgan fingerprint density at radius 3 is 2.33 bits per heavy atom. The van der Waals surface area contributed by atoms with Gasteiger partial charge in [0.05, 0.1) is 27.6 Å². The summed E-state index contributed by atoms with van der Waals surface area (Å²) >= 11 is 12.2. The highest BCUT2D eigenvalue weighted by atomic mass is 35.5. The Kier molecular flexibility index (Phi) is 4.65. The molecule has 0 bridgehead atoms. The molecule has 24 heavy (non-hydrogen) atoms. The fourth-order valence-corrected chi connectivity index (χ4v) is 3.58. The van der Waals surface area contributed by atoms with Crippen molar-refractivity contribution in [3.63, 3.8) is 0 Å². The van der Waals surface area contributed by atoms with Gasteiger partial charge in [0, 0.05) is 0 Å². The summed E-state index contributed by atoms with van der Waals surface area (Å²) in [5.74, 6) is -1.77. The van der Waals surface area contributed by atoms with Gasteiger partial charge in [0.15, 0.2) is 0 Å². The number of nitrogens with zero attached hydrogens (tertiary/aromatic N) is 1. The average Bonchev–Trinajstić information content (AvgIpc) is 2.81. The molecule has 1 aliphatic heterocycles. The summed E-state index contributed by atoms with van der Waals surface area (Å²) in [6, 6.07) is 3.37. The van der Waals surface area contributed by atoms with Crippen molar-refractivity contribution in [3.8, 4) is 0 Å². The van der Waals surface area contributed by atoms with Gasteiger partial charge >= 0.3 is 0 Å². The van der Waals surface area contributed by atoms with Crippen LogP contribution >= 0.6 is 23.2 Å². The largest absolute Gasteiger partial charge is 0.322 e. The normalized spacial score (nSPS) is 22.7. The van der Waals surface area contributed by atoms with Crippen molar-refractivity contribution in [1.29, 1.82) is 0 Å². The van der Waals surface area contributed by atoms with Gasteiger partial charge in [-0.15, -0.1) is 0 Å². The number of carbonyl (C=O) groups is 3. The van der Waals surface area contributed by atoms with Crippen LogP contribution in [0.15, 0.2) is 24.3 Å². The van der Waals surface area contributed by atoms with Crippen LogP contribution in [-0.4, -0.2) is 29.2 Å². The maximum atomic E-state index is 12.4. The van der Waals surface area contributed by atoms with Crippen LogP contribution in [0, 0.1) is 18.8 Å². The van der Waals surface area contributed by atoms with E-state index in [0.717, 1.165) is 10.5 Å².